The number of carboxylic acids is 1. The second-order valence-electron chi connectivity index (χ2n) is 5.19. The smallest absolute Gasteiger partial charge is 0.310 e. The van der Waals surface area contributed by atoms with Crippen LogP contribution in [0.25, 0.3) is 0 Å². The number of rotatable bonds is 8. The van der Waals surface area contributed by atoms with Crippen molar-refractivity contribution in [2.24, 2.45) is 5.41 Å². The summed E-state index contributed by atoms with van der Waals surface area (Å²) < 4.78 is 0. The second kappa shape index (κ2) is 7.78. The molecule has 0 spiro atoms. The van der Waals surface area contributed by atoms with Gasteiger partial charge in [-0.2, -0.15) is 0 Å². The molecule has 0 aliphatic carbocycles. The summed E-state index contributed by atoms with van der Waals surface area (Å²) in [5.41, 5.74) is 0.617. The molecule has 0 aromatic heterocycles. The maximum atomic E-state index is 12.0. The summed E-state index contributed by atoms with van der Waals surface area (Å²) in [4.78, 5) is 23.4. The highest BCUT2D eigenvalue weighted by Gasteiger charge is 2.37. The Bertz CT molecular complexity index is 478. The molecule has 0 atom stereocenters. The van der Waals surface area contributed by atoms with Crippen LogP contribution in [0.1, 0.15) is 38.7 Å². The largest absolute Gasteiger partial charge is 0.481 e. The van der Waals surface area contributed by atoms with Crippen molar-refractivity contribution in [2.75, 3.05) is 11.9 Å². The van der Waals surface area contributed by atoms with Crippen LogP contribution in [0.15, 0.2) is 24.3 Å². The highest BCUT2D eigenvalue weighted by atomic mass is 16.4. The minimum absolute atomic E-state index is 0.0340. The van der Waals surface area contributed by atoms with Gasteiger partial charge in [-0.15, -0.1) is 0 Å². The number of aliphatic hydroxyl groups is 1. The van der Waals surface area contributed by atoms with E-state index in [-0.39, 0.29) is 18.9 Å². The highest BCUT2D eigenvalue weighted by molar-refractivity contribution is 5.94. The van der Waals surface area contributed by atoms with E-state index in [0.29, 0.717) is 24.9 Å². The van der Waals surface area contributed by atoms with E-state index in [0.717, 1.165) is 5.56 Å². The fourth-order valence-corrected chi connectivity index (χ4v) is 2.27. The van der Waals surface area contributed by atoms with Gasteiger partial charge in [0.25, 0.3) is 0 Å². The Morgan fingerprint density at radius 1 is 1.14 bits per heavy atom. The van der Waals surface area contributed by atoms with Crippen LogP contribution in [0.3, 0.4) is 0 Å². The lowest BCUT2D eigenvalue weighted by atomic mass is 9.79. The number of carboxylic acid groups (broad SMARTS) is 1. The maximum Gasteiger partial charge on any atom is 0.310 e. The molecule has 0 heterocycles. The minimum atomic E-state index is -0.999. The van der Waals surface area contributed by atoms with Gasteiger partial charge in [-0.1, -0.05) is 26.0 Å². The lowest BCUT2D eigenvalue weighted by Gasteiger charge is -2.25. The third kappa shape index (κ3) is 4.56. The number of amides is 1. The van der Waals surface area contributed by atoms with Crippen molar-refractivity contribution in [3.8, 4) is 0 Å². The number of anilines is 1. The van der Waals surface area contributed by atoms with Crippen molar-refractivity contribution >= 4 is 17.6 Å². The Morgan fingerprint density at radius 3 is 2.14 bits per heavy atom. The molecule has 3 N–H and O–H groups in total. The van der Waals surface area contributed by atoms with Crippen LogP contribution in [0.4, 0.5) is 5.69 Å². The Labute approximate surface area is 125 Å². The molecule has 0 saturated heterocycles. The van der Waals surface area contributed by atoms with Crippen LogP contribution in [0.2, 0.25) is 0 Å². The molecule has 1 aromatic rings. The molecule has 5 heteroatoms. The molecule has 5 nitrogen and oxygen atoms in total. The SMILES string of the molecule is CCC(CC)(CC(=O)Nc1ccc(CCO)cc1)C(=O)O. The van der Waals surface area contributed by atoms with Crippen molar-refractivity contribution in [1.82, 2.24) is 0 Å². The Morgan fingerprint density at radius 2 is 1.71 bits per heavy atom. The number of aliphatic carboxylic acids is 1. The maximum absolute atomic E-state index is 12.0. The molecule has 0 unspecified atom stereocenters. The zero-order valence-corrected chi connectivity index (χ0v) is 12.6. The highest BCUT2D eigenvalue weighted by Crippen LogP contribution is 2.31. The number of aliphatic hydroxyl groups excluding tert-OH is 1. The Kier molecular flexibility index (Phi) is 6.37. The van der Waals surface area contributed by atoms with Crippen LogP contribution >= 0.6 is 0 Å². The topological polar surface area (TPSA) is 86.6 Å². The predicted molar refractivity (Wildman–Crippen MR) is 81.1 cm³/mol. The van der Waals surface area contributed by atoms with Gasteiger partial charge in [-0.25, -0.2) is 0 Å². The summed E-state index contributed by atoms with van der Waals surface area (Å²) in [7, 11) is 0. The molecule has 0 aliphatic rings. The van der Waals surface area contributed by atoms with Gasteiger partial charge in [0.05, 0.1) is 5.41 Å². The van der Waals surface area contributed by atoms with E-state index < -0.39 is 11.4 Å². The lowest BCUT2D eigenvalue weighted by molar-refractivity contribution is -0.151. The molecule has 0 bridgehead atoms. The molecule has 1 aromatic carbocycles. The van der Waals surface area contributed by atoms with Crippen molar-refractivity contribution in [1.29, 1.82) is 0 Å². The summed E-state index contributed by atoms with van der Waals surface area (Å²) >= 11 is 0. The fourth-order valence-electron chi connectivity index (χ4n) is 2.27. The molecule has 0 saturated carbocycles. The van der Waals surface area contributed by atoms with E-state index in [1.807, 2.05) is 12.1 Å². The lowest BCUT2D eigenvalue weighted by Crippen LogP contribution is -2.34. The number of benzene rings is 1. The van der Waals surface area contributed by atoms with E-state index in [4.69, 9.17) is 5.11 Å². The molecule has 1 amide bonds. The summed E-state index contributed by atoms with van der Waals surface area (Å²) in [6, 6.07) is 7.16. The average molecular weight is 293 g/mol. The first-order chi connectivity index (χ1) is 9.97. The number of nitrogens with one attached hydrogen (secondary N) is 1. The van der Waals surface area contributed by atoms with Gasteiger partial charge in [0.15, 0.2) is 0 Å². The molecule has 0 aliphatic heterocycles. The standard InChI is InChI=1S/C16H23NO4/c1-3-16(4-2,15(20)21)11-14(19)17-13-7-5-12(6-8-13)9-10-18/h5-8,18H,3-4,9-11H2,1-2H3,(H,17,19)(H,20,21). The van der Waals surface area contributed by atoms with E-state index >= 15 is 0 Å². The zero-order valence-electron chi connectivity index (χ0n) is 12.6. The number of hydrogen-bond acceptors (Lipinski definition) is 3. The molecule has 0 fully saturated rings. The van der Waals surface area contributed by atoms with Crippen molar-refractivity contribution in [2.45, 2.75) is 39.5 Å². The summed E-state index contributed by atoms with van der Waals surface area (Å²) in [6.45, 7) is 3.66. The summed E-state index contributed by atoms with van der Waals surface area (Å²) in [5.74, 6) is -1.23. The third-order valence-corrected chi connectivity index (χ3v) is 3.94. The van der Waals surface area contributed by atoms with Crippen LogP contribution in [-0.4, -0.2) is 28.7 Å². The van der Waals surface area contributed by atoms with E-state index in [2.05, 4.69) is 5.32 Å². The monoisotopic (exact) mass is 293 g/mol. The molecule has 1 rings (SSSR count). The molecular weight excluding hydrogens is 270 g/mol. The molecular formula is C16H23NO4. The fraction of sp³-hybridized carbons (Fsp3) is 0.500. The van der Waals surface area contributed by atoms with E-state index in [1.165, 1.54) is 0 Å². The third-order valence-electron chi connectivity index (χ3n) is 3.94. The summed E-state index contributed by atoms with van der Waals surface area (Å²) in [5, 5.41) is 20.9. The molecule has 0 radical (unpaired) electrons. The number of carbonyl (C=O) groups is 2. The molecule has 21 heavy (non-hydrogen) atoms. The van der Waals surface area contributed by atoms with Gasteiger partial charge in [0.2, 0.25) is 5.91 Å². The summed E-state index contributed by atoms with van der Waals surface area (Å²) in [6.07, 6.45) is 1.37. The van der Waals surface area contributed by atoms with Crippen LogP contribution < -0.4 is 5.32 Å². The van der Waals surface area contributed by atoms with Gasteiger partial charge < -0.3 is 15.5 Å². The van der Waals surface area contributed by atoms with Crippen LogP contribution in [0.5, 0.6) is 0 Å². The minimum Gasteiger partial charge on any atom is -0.481 e. The number of carbonyl (C=O) groups excluding carboxylic acids is 1. The second-order valence-corrected chi connectivity index (χ2v) is 5.19. The van der Waals surface area contributed by atoms with Gasteiger partial charge >= 0.3 is 5.97 Å². The quantitative estimate of drug-likeness (QED) is 0.687. The van der Waals surface area contributed by atoms with Crippen molar-refractivity contribution < 1.29 is 19.8 Å². The van der Waals surface area contributed by atoms with Crippen LogP contribution in [-0.2, 0) is 16.0 Å². The first-order valence-electron chi connectivity index (χ1n) is 7.20. The van der Waals surface area contributed by atoms with Crippen LogP contribution in [0, 0.1) is 5.41 Å². The van der Waals surface area contributed by atoms with Crippen molar-refractivity contribution in [3.05, 3.63) is 29.8 Å². The first kappa shape index (κ1) is 17.2. The Balaban J connectivity index is 2.70. The van der Waals surface area contributed by atoms with Gasteiger partial charge in [-0.3, -0.25) is 9.59 Å². The predicted octanol–water partition coefficient (Wildman–Crippen LogP) is 2.44. The first-order valence-corrected chi connectivity index (χ1v) is 7.20. The normalized spacial score (nSPS) is 11.2. The van der Waals surface area contributed by atoms with Crippen molar-refractivity contribution in [3.63, 3.8) is 0 Å². The number of hydrogen-bond donors (Lipinski definition) is 3. The van der Waals surface area contributed by atoms with Gasteiger partial charge in [0.1, 0.15) is 0 Å². The van der Waals surface area contributed by atoms with Gasteiger partial charge in [-0.05, 0) is 37.0 Å². The average Bonchev–Trinajstić information content (AvgIpc) is 2.47. The Hall–Kier alpha value is -1.88. The molecule has 116 valence electrons. The van der Waals surface area contributed by atoms with Gasteiger partial charge in [0, 0.05) is 18.7 Å². The van der Waals surface area contributed by atoms with E-state index in [1.54, 1.807) is 26.0 Å². The zero-order chi connectivity index (χ0) is 15.9. The van der Waals surface area contributed by atoms with E-state index in [9.17, 15) is 14.7 Å².